The van der Waals surface area contributed by atoms with Crippen LogP contribution in [0.5, 0.6) is 0 Å². The Labute approximate surface area is 312 Å². The van der Waals surface area contributed by atoms with Gasteiger partial charge in [-0.1, -0.05) is 84.8 Å². The Bertz CT molecular complexity index is 1800. The van der Waals surface area contributed by atoms with E-state index >= 15 is 0 Å². The molecule has 1 aliphatic carbocycles. The minimum atomic E-state index is -1.68. The third-order valence-electron chi connectivity index (χ3n) is 9.56. The number of nitrogens with one attached hydrogen (secondary N) is 1. The van der Waals surface area contributed by atoms with E-state index in [1.807, 2.05) is 99.9 Å². The molecule has 3 aliphatic rings. The Kier molecular flexibility index (Phi) is 10.2. The van der Waals surface area contributed by atoms with E-state index in [-0.39, 0.29) is 30.3 Å². The number of carbonyl (C=O) groups is 2. The van der Waals surface area contributed by atoms with Crippen molar-refractivity contribution in [2.24, 2.45) is 16.6 Å². The third-order valence-corrected chi connectivity index (χ3v) is 12.7. The number of ether oxygens (including phenoxy) is 2. The van der Waals surface area contributed by atoms with E-state index in [2.05, 4.69) is 18.1 Å². The van der Waals surface area contributed by atoms with Gasteiger partial charge in [-0.3, -0.25) is 4.99 Å². The first kappa shape index (κ1) is 37.4. The number of rotatable bonds is 7. The van der Waals surface area contributed by atoms with Crippen LogP contribution in [0.3, 0.4) is 0 Å². The summed E-state index contributed by atoms with van der Waals surface area (Å²) < 4.78 is 11.4. The molecule has 3 heterocycles. The van der Waals surface area contributed by atoms with Crippen LogP contribution < -0.4 is 5.73 Å². The van der Waals surface area contributed by atoms with Crippen molar-refractivity contribution in [2.45, 2.75) is 108 Å². The highest BCUT2D eigenvalue weighted by Gasteiger charge is 2.55. The number of aromatic amines is 1. The van der Waals surface area contributed by atoms with Crippen molar-refractivity contribution in [1.29, 1.82) is 0 Å². The lowest BCUT2D eigenvalue weighted by Crippen LogP contribution is -2.43. The summed E-state index contributed by atoms with van der Waals surface area (Å²) in [6.07, 6.45) is 2.03. The highest BCUT2D eigenvalue weighted by Crippen LogP contribution is 2.48. The Morgan fingerprint density at radius 2 is 1.53 bits per heavy atom. The molecule has 1 saturated carbocycles. The molecule has 3 aromatic rings. The zero-order chi connectivity index (χ0) is 37.0. The number of fused-ring (bicyclic) bond motifs is 1. The molecule has 0 bridgehead atoms. The van der Waals surface area contributed by atoms with Crippen LogP contribution in [0.2, 0.25) is 24.3 Å². The summed E-state index contributed by atoms with van der Waals surface area (Å²) in [7, 11) is -1.68. The molecule has 0 radical (unpaired) electrons. The van der Waals surface area contributed by atoms with Gasteiger partial charge in [0.15, 0.2) is 0 Å². The number of likely N-dealkylation sites (tertiary alicyclic amines) is 1. The van der Waals surface area contributed by atoms with Crippen LogP contribution in [0.25, 0.3) is 22.4 Å². The molecule has 2 aliphatic heterocycles. The number of H-pyrrole nitrogens is 1. The predicted molar refractivity (Wildman–Crippen MR) is 206 cm³/mol. The molecule has 2 saturated heterocycles. The number of aromatic nitrogens is 2. The Hall–Kier alpha value is -3.38. The van der Waals surface area contributed by atoms with Gasteiger partial charge < -0.3 is 30.0 Å². The van der Waals surface area contributed by atoms with Gasteiger partial charge in [0.2, 0.25) is 0 Å². The van der Waals surface area contributed by atoms with E-state index in [4.69, 9.17) is 48.4 Å². The van der Waals surface area contributed by atoms with Gasteiger partial charge in [0.25, 0.3) is 0 Å². The summed E-state index contributed by atoms with van der Waals surface area (Å²) in [5.74, 6) is 1.19. The number of nitrogens with two attached hydrogens (primary N) is 1. The van der Waals surface area contributed by atoms with Crippen LogP contribution in [0.1, 0.15) is 71.8 Å². The van der Waals surface area contributed by atoms with Crippen molar-refractivity contribution in [3.63, 3.8) is 0 Å². The minimum Gasteiger partial charge on any atom is -0.444 e. The number of hydrogen-bond acceptors (Lipinski definition) is 7. The SMILES string of the molecule is CC(C)(C)OC(=O)N1C[Si](C)(C)CC1c1nc(-c2ccc(-c3ccc(C(=NCC4CC5CC5N4C(=O)OC(C)(C)C)C(N)Cl)cc3)cc2)c(Cl)[nH]1. The molecule has 13 heteroatoms. The Morgan fingerprint density at radius 1 is 0.961 bits per heavy atom. The van der Waals surface area contributed by atoms with Crippen LogP contribution in [-0.2, 0) is 9.47 Å². The lowest BCUT2D eigenvalue weighted by molar-refractivity contribution is 0.0188. The molecule has 0 spiro atoms. The van der Waals surface area contributed by atoms with Crippen LogP contribution >= 0.6 is 23.2 Å². The second-order valence-corrected chi connectivity index (χ2v) is 22.8. The van der Waals surface area contributed by atoms with E-state index in [9.17, 15) is 9.59 Å². The first-order valence-electron chi connectivity index (χ1n) is 17.7. The van der Waals surface area contributed by atoms with Gasteiger partial charge in [-0.2, -0.15) is 0 Å². The predicted octanol–water partition coefficient (Wildman–Crippen LogP) is 8.65. The van der Waals surface area contributed by atoms with Gasteiger partial charge in [0.05, 0.1) is 32.4 Å². The number of halogens is 2. The second-order valence-electron chi connectivity index (χ2n) is 16.9. The van der Waals surface area contributed by atoms with Gasteiger partial charge >= 0.3 is 12.2 Å². The van der Waals surface area contributed by atoms with Gasteiger partial charge in [0, 0.05) is 17.8 Å². The zero-order valence-corrected chi connectivity index (χ0v) is 33.3. The monoisotopic (exact) mass is 752 g/mol. The topological polar surface area (TPSA) is 126 Å². The number of carbonyl (C=O) groups excluding carboxylic acids is 2. The molecule has 5 atom stereocenters. The number of nitrogens with zero attached hydrogens (tertiary/aromatic N) is 4. The zero-order valence-electron chi connectivity index (χ0n) is 30.8. The molecule has 1 aromatic heterocycles. The summed E-state index contributed by atoms with van der Waals surface area (Å²) >= 11 is 13.2. The maximum atomic E-state index is 13.1. The standard InChI is InChI=1S/C38H50Cl2N6O4Si/c1-37(2,3)49-35(47)45-21-51(7,8)20-29(45)34-43-31(33(40)44-34)25-15-11-23(12-16-25)22-9-13-24(14-10-22)30(32(39)41)42-19-27-17-26-18-28(26)46(27)36(48)50-38(4,5)6/h9-16,26-29,32H,17-21,41H2,1-8H3,(H,43,44). The number of hydrogen-bond donors (Lipinski definition) is 2. The molecule has 274 valence electrons. The summed E-state index contributed by atoms with van der Waals surface area (Å²) in [5, 5.41) is 0.436. The molecule has 2 amide bonds. The first-order chi connectivity index (χ1) is 23.8. The largest absolute Gasteiger partial charge is 0.444 e. The van der Waals surface area contributed by atoms with Gasteiger partial charge in [-0.25, -0.2) is 14.6 Å². The average Bonchev–Trinajstić information content (AvgIpc) is 3.32. The van der Waals surface area contributed by atoms with Crippen molar-refractivity contribution in [3.8, 4) is 22.4 Å². The smallest absolute Gasteiger partial charge is 0.410 e. The van der Waals surface area contributed by atoms with Crippen LogP contribution in [0.4, 0.5) is 9.59 Å². The number of imidazole rings is 1. The summed E-state index contributed by atoms with van der Waals surface area (Å²) in [6.45, 7) is 16.2. The number of piperidine rings is 1. The summed E-state index contributed by atoms with van der Waals surface area (Å²) in [6, 6.07) is 16.9. The van der Waals surface area contributed by atoms with Gasteiger partial charge in [-0.15, -0.1) is 0 Å². The fourth-order valence-electron chi connectivity index (χ4n) is 7.26. The van der Waals surface area contributed by atoms with Crippen molar-refractivity contribution in [2.75, 3.05) is 12.7 Å². The number of aliphatic imine (C=N–C) groups is 1. The molecular formula is C38H50Cl2N6O4Si. The highest BCUT2D eigenvalue weighted by molar-refractivity contribution is 6.78. The van der Waals surface area contributed by atoms with Crippen LogP contribution in [0, 0.1) is 5.92 Å². The van der Waals surface area contributed by atoms with E-state index in [1.54, 1.807) is 0 Å². The van der Waals surface area contributed by atoms with Crippen molar-refractivity contribution < 1.29 is 19.1 Å². The molecule has 51 heavy (non-hydrogen) atoms. The molecule has 10 nitrogen and oxygen atoms in total. The number of benzene rings is 2. The molecule has 3 N–H and O–H groups in total. The third kappa shape index (κ3) is 8.64. The first-order valence-corrected chi connectivity index (χ1v) is 21.9. The molecule has 3 fully saturated rings. The Morgan fingerprint density at radius 3 is 2.12 bits per heavy atom. The Balaban J connectivity index is 1.15. The fourth-order valence-corrected chi connectivity index (χ4v) is 10.6. The van der Waals surface area contributed by atoms with Crippen LogP contribution in [-0.4, -0.2) is 87.2 Å². The van der Waals surface area contributed by atoms with E-state index in [1.165, 1.54) is 0 Å². The van der Waals surface area contributed by atoms with E-state index in [0.29, 0.717) is 41.0 Å². The molecule has 6 rings (SSSR count). The second kappa shape index (κ2) is 13.9. The van der Waals surface area contributed by atoms with Gasteiger partial charge in [0.1, 0.15) is 33.4 Å². The molecule has 2 aromatic carbocycles. The highest BCUT2D eigenvalue weighted by atomic mass is 35.5. The summed E-state index contributed by atoms with van der Waals surface area (Å²) in [5.41, 5.74) is 9.22. The number of alkyl halides is 1. The fraction of sp³-hybridized carbons (Fsp3) is 0.526. The van der Waals surface area contributed by atoms with Crippen molar-refractivity contribution in [1.82, 2.24) is 19.8 Å². The quantitative estimate of drug-likeness (QED) is 0.108. The minimum absolute atomic E-state index is 0.0401. The van der Waals surface area contributed by atoms with Crippen LogP contribution in [0.15, 0.2) is 53.5 Å². The summed E-state index contributed by atoms with van der Waals surface area (Å²) in [4.78, 5) is 42.8. The maximum Gasteiger partial charge on any atom is 0.410 e. The van der Waals surface area contributed by atoms with Crippen molar-refractivity contribution >= 4 is 49.2 Å². The normalized spacial score (nSPS) is 23.6. The lowest BCUT2D eigenvalue weighted by atomic mass is 10.0. The molecule has 5 unspecified atom stereocenters. The molecular weight excluding hydrogens is 703 g/mol. The van der Waals surface area contributed by atoms with Crippen molar-refractivity contribution in [3.05, 3.63) is 65.1 Å². The lowest BCUT2D eigenvalue weighted by Gasteiger charge is -2.30. The number of amides is 2. The van der Waals surface area contributed by atoms with E-state index < -0.39 is 24.8 Å². The maximum absolute atomic E-state index is 13.1. The average molecular weight is 754 g/mol. The van der Waals surface area contributed by atoms with E-state index in [0.717, 1.165) is 41.1 Å². The van der Waals surface area contributed by atoms with Gasteiger partial charge in [-0.05, 0) is 83.0 Å².